The Morgan fingerprint density at radius 1 is 1.04 bits per heavy atom. The maximum Gasteiger partial charge on any atom is 0.254 e. The molecule has 2 aliphatic rings. The Labute approximate surface area is 158 Å². The Balaban J connectivity index is 1.71. The maximum absolute atomic E-state index is 13.3. The van der Waals surface area contributed by atoms with Gasteiger partial charge >= 0.3 is 0 Å². The molecule has 1 saturated heterocycles. The highest BCUT2D eigenvalue weighted by Gasteiger charge is 2.39. The van der Waals surface area contributed by atoms with Crippen molar-refractivity contribution in [2.45, 2.75) is 32.2 Å². The van der Waals surface area contributed by atoms with E-state index in [0.717, 1.165) is 5.56 Å². The summed E-state index contributed by atoms with van der Waals surface area (Å²) in [5, 5.41) is 0. The van der Waals surface area contributed by atoms with E-state index in [1.165, 1.54) is 0 Å². The first-order chi connectivity index (χ1) is 13.1. The average molecular weight is 362 g/mol. The zero-order chi connectivity index (χ0) is 19.0. The fourth-order valence-electron chi connectivity index (χ4n) is 3.99. The van der Waals surface area contributed by atoms with Crippen molar-refractivity contribution in [2.24, 2.45) is 0 Å². The first kappa shape index (κ1) is 17.5. The number of aryl methyl sites for hydroxylation is 1. The van der Waals surface area contributed by atoms with Gasteiger partial charge in [0.25, 0.3) is 5.91 Å². The number of rotatable bonds is 1. The van der Waals surface area contributed by atoms with E-state index >= 15 is 0 Å². The summed E-state index contributed by atoms with van der Waals surface area (Å²) in [7, 11) is 0. The molecular weight excluding hydrogens is 340 g/mol. The summed E-state index contributed by atoms with van der Waals surface area (Å²) in [5.41, 5.74) is 2.88. The second kappa shape index (κ2) is 6.99. The van der Waals surface area contributed by atoms with Gasteiger partial charge in [-0.3, -0.25) is 14.4 Å². The van der Waals surface area contributed by atoms with Crippen LogP contribution in [0.15, 0.2) is 48.5 Å². The van der Waals surface area contributed by atoms with Crippen LogP contribution in [-0.2, 0) is 4.79 Å². The van der Waals surface area contributed by atoms with Crippen LogP contribution < -0.4 is 4.90 Å². The quantitative estimate of drug-likeness (QED) is 0.783. The van der Waals surface area contributed by atoms with Crippen LogP contribution in [0, 0.1) is 6.92 Å². The molecule has 1 unspecified atom stereocenters. The third-order valence-corrected chi connectivity index (χ3v) is 5.40. The van der Waals surface area contributed by atoms with E-state index in [-0.39, 0.29) is 17.6 Å². The van der Waals surface area contributed by atoms with Gasteiger partial charge < -0.3 is 9.80 Å². The van der Waals surface area contributed by atoms with Crippen LogP contribution in [0.25, 0.3) is 0 Å². The highest BCUT2D eigenvalue weighted by Crippen LogP contribution is 2.31. The van der Waals surface area contributed by atoms with Crippen molar-refractivity contribution in [3.8, 4) is 0 Å². The summed E-state index contributed by atoms with van der Waals surface area (Å²) >= 11 is 0. The molecule has 2 aliphatic heterocycles. The topological polar surface area (TPSA) is 57.7 Å². The maximum atomic E-state index is 13.3. The Morgan fingerprint density at radius 2 is 1.81 bits per heavy atom. The lowest BCUT2D eigenvalue weighted by Crippen LogP contribution is -2.59. The molecule has 1 fully saturated rings. The number of Topliss-reactive ketones (excluding diaryl/α,β-unsaturated/α-hetero) is 1. The number of hydrogen-bond acceptors (Lipinski definition) is 3. The number of carbonyl (C=O) groups is 3. The van der Waals surface area contributed by atoms with E-state index in [1.54, 1.807) is 21.9 Å². The van der Waals surface area contributed by atoms with E-state index in [1.807, 2.05) is 43.3 Å². The molecular formula is C22H22N2O3. The molecule has 0 radical (unpaired) electrons. The van der Waals surface area contributed by atoms with Crippen LogP contribution in [-0.4, -0.2) is 41.6 Å². The standard InChI is InChI=1S/C22H22N2O3/c1-15-10-11-18-17(14-15)20(25)9-5-8-19-22(27)23(18)12-13-24(19)21(26)16-6-3-2-4-7-16/h2-4,6-7,10-11,14,19H,5,8-9,12-13H2,1H3. The zero-order valence-electron chi connectivity index (χ0n) is 15.4. The van der Waals surface area contributed by atoms with E-state index in [0.29, 0.717) is 49.2 Å². The van der Waals surface area contributed by atoms with E-state index in [2.05, 4.69) is 0 Å². The number of hydrogen-bond donors (Lipinski definition) is 0. The summed E-state index contributed by atoms with van der Waals surface area (Å²) in [6, 6.07) is 14.2. The molecule has 4 rings (SSSR count). The number of carbonyl (C=O) groups excluding carboxylic acids is 3. The third-order valence-electron chi connectivity index (χ3n) is 5.40. The number of ketones is 1. The molecule has 1 atom stereocenters. The third kappa shape index (κ3) is 3.14. The van der Waals surface area contributed by atoms with Crippen molar-refractivity contribution in [1.82, 2.24) is 4.90 Å². The second-order valence-corrected chi connectivity index (χ2v) is 7.21. The minimum absolute atomic E-state index is 0.0648. The summed E-state index contributed by atoms with van der Waals surface area (Å²) in [6.07, 6.45) is 1.49. The van der Waals surface area contributed by atoms with Gasteiger partial charge in [-0.15, -0.1) is 0 Å². The lowest BCUT2D eigenvalue weighted by atomic mass is 10.0. The van der Waals surface area contributed by atoms with Crippen molar-refractivity contribution in [3.63, 3.8) is 0 Å². The molecule has 27 heavy (non-hydrogen) atoms. The van der Waals surface area contributed by atoms with Crippen molar-refractivity contribution in [2.75, 3.05) is 18.0 Å². The van der Waals surface area contributed by atoms with E-state index < -0.39 is 6.04 Å². The second-order valence-electron chi connectivity index (χ2n) is 7.21. The van der Waals surface area contributed by atoms with Gasteiger partial charge in [0.1, 0.15) is 6.04 Å². The van der Waals surface area contributed by atoms with Crippen LogP contribution >= 0.6 is 0 Å². The summed E-state index contributed by atoms with van der Waals surface area (Å²) in [6.45, 7) is 2.81. The smallest absolute Gasteiger partial charge is 0.254 e. The molecule has 138 valence electrons. The highest BCUT2D eigenvalue weighted by atomic mass is 16.2. The van der Waals surface area contributed by atoms with E-state index in [4.69, 9.17) is 0 Å². The van der Waals surface area contributed by atoms with E-state index in [9.17, 15) is 14.4 Å². The van der Waals surface area contributed by atoms with Crippen molar-refractivity contribution in [3.05, 3.63) is 65.2 Å². The van der Waals surface area contributed by atoms with Gasteiger partial charge in [0.15, 0.2) is 5.78 Å². The Hall–Kier alpha value is -2.95. The van der Waals surface area contributed by atoms with Crippen LogP contribution in [0.1, 0.15) is 45.5 Å². The molecule has 2 bridgehead atoms. The normalized spacial score (nSPS) is 19.8. The Morgan fingerprint density at radius 3 is 2.59 bits per heavy atom. The SMILES string of the molecule is Cc1ccc2c(c1)C(=O)CCCC1C(=O)N2CCN1C(=O)c1ccccc1. The van der Waals surface area contributed by atoms with Crippen LogP contribution in [0.5, 0.6) is 0 Å². The average Bonchev–Trinajstić information content (AvgIpc) is 2.71. The van der Waals surface area contributed by atoms with Gasteiger partial charge in [-0.1, -0.05) is 29.8 Å². The predicted octanol–water partition coefficient (Wildman–Crippen LogP) is 3.22. The summed E-state index contributed by atoms with van der Waals surface area (Å²) < 4.78 is 0. The largest absolute Gasteiger partial charge is 0.325 e. The van der Waals surface area contributed by atoms with Crippen molar-refractivity contribution >= 4 is 23.3 Å². The molecule has 0 spiro atoms. The fourth-order valence-corrected chi connectivity index (χ4v) is 3.99. The van der Waals surface area contributed by atoms with Gasteiger partial charge in [-0.2, -0.15) is 0 Å². The summed E-state index contributed by atoms with van der Waals surface area (Å²) in [4.78, 5) is 42.3. The number of nitrogens with zero attached hydrogens (tertiary/aromatic N) is 2. The molecule has 5 nitrogen and oxygen atoms in total. The van der Waals surface area contributed by atoms with Crippen LogP contribution in [0.3, 0.4) is 0 Å². The van der Waals surface area contributed by atoms with Crippen molar-refractivity contribution in [1.29, 1.82) is 0 Å². The molecule has 0 N–H and O–H groups in total. The molecule has 2 amide bonds. The van der Waals surface area contributed by atoms with Crippen LogP contribution in [0.4, 0.5) is 5.69 Å². The lowest BCUT2D eigenvalue weighted by Gasteiger charge is -2.40. The molecule has 2 aromatic carbocycles. The molecule has 5 heteroatoms. The minimum atomic E-state index is -0.522. The first-order valence-corrected chi connectivity index (χ1v) is 9.37. The predicted molar refractivity (Wildman–Crippen MR) is 103 cm³/mol. The number of benzene rings is 2. The molecule has 2 heterocycles. The molecule has 0 saturated carbocycles. The molecule has 2 aromatic rings. The number of amides is 2. The number of fused-ring (bicyclic) bond motifs is 4. The Kier molecular flexibility index (Phi) is 4.52. The molecule has 0 aliphatic carbocycles. The van der Waals surface area contributed by atoms with Crippen molar-refractivity contribution < 1.29 is 14.4 Å². The fraction of sp³-hybridized carbons (Fsp3) is 0.318. The van der Waals surface area contributed by atoms with Gasteiger partial charge in [-0.05, 0) is 44.0 Å². The minimum Gasteiger partial charge on any atom is -0.325 e. The van der Waals surface area contributed by atoms with Gasteiger partial charge in [0.05, 0.1) is 5.69 Å². The lowest BCUT2D eigenvalue weighted by molar-refractivity contribution is -0.125. The number of piperazine rings is 1. The first-order valence-electron chi connectivity index (χ1n) is 9.37. The van der Waals surface area contributed by atoms with Crippen LogP contribution in [0.2, 0.25) is 0 Å². The summed E-state index contributed by atoms with van der Waals surface area (Å²) in [5.74, 6) is -0.149. The zero-order valence-corrected chi connectivity index (χ0v) is 15.4. The van der Waals surface area contributed by atoms with Gasteiger partial charge in [0, 0.05) is 30.6 Å². The highest BCUT2D eigenvalue weighted by molar-refractivity contribution is 6.09. The monoisotopic (exact) mass is 362 g/mol. The number of anilines is 1. The van der Waals surface area contributed by atoms with Gasteiger partial charge in [0.2, 0.25) is 5.91 Å². The van der Waals surface area contributed by atoms with Gasteiger partial charge in [-0.25, -0.2) is 0 Å². The Bertz CT molecular complexity index is 907. The molecule has 0 aromatic heterocycles.